The van der Waals surface area contributed by atoms with E-state index in [9.17, 15) is 4.57 Å². The van der Waals surface area contributed by atoms with E-state index in [1.165, 1.54) is 11.3 Å². The molecule has 136 valence electrons. The third kappa shape index (κ3) is 3.75. The van der Waals surface area contributed by atoms with Gasteiger partial charge in [0.1, 0.15) is 5.75 Å². The molecule has 0 fully saturated rings. The van der Waals surface area contributed by atoms with Crippen LogP contribution in [-0.2, 0) is 20.0 Å². The molecule has 1 aliphatic carbocycles. The fraction of sp³-hybridized carbons (Fsp3) is 0.471. The lowest BCUT2D eigenvalue weighted by Crippen LogP contribution is -2.16. The summed E-state index contributed by atoms with van der Waals surface area (Å²) in [5.41, 5.74) is 8.70. The Hall–Kier alpha value is -1.40. The maximum Gasteiger partial charge on any atom is 0.530 e. The molecule has 2 aromatic rings. The molecule has 0 aliphatic heterocycles. The Labute approximate surface area is 151 Å². The van der Waals surface area contributed by atoms with Gasteiger partial charge in [0.05, 0.1) is 23.4 Å². The number of rotatable bonds is 6. The van der Waals surface area contributed by atoms with Gasteiger partial charge >= 0.3 is 7.82 Å². The minimum atomic E-state index is -3.67. The third-order valence-corrected chi connectivity index (χ3v) is 6.33. The normalized spacial score (nSPS) is 16.2. The highest BCUT2D eigenvalue weighted by Crippen LogP contribution is 2.52. The summed E-state index contributed by atoms with van der Waals surface area (Å²) in [7, 11) is -3.67. The topological polar surface area (TPSA) is 83.7 Å². The first kappa shape index (κ1) is 18.4. The number of nitrogens with zero attached hydrogens (tertiary/aromatic N) is 1. The van der Waals surface area contributed by atoms with Gasteiger partial charge in [-0.05, 0) is 31.2 Å². The van der Waals surface area contributed by atoms with Crippen LogP contribution in [0.3, 0.4) is 0 Å². The molecule has 1 aliphatic rings. The van der Waals surface area contributed by atoms with Crippen LogP contribution in [0, 0.1) is 5.41 Å². The molecule has 0 amide bonds. The summed E-state index contributed by atoms with van der Waals surface area (Å²) in [6, 6.07) is 1.82. The summed E-state index contributed by atoms with van der Waals surface area (Å²) < 4.78 is 30.0. The van der Waals surface area contributed by atoms with Crippen LogP contribution in [-0.4, -0.2) is 18.2 Å². The van der Waals surface area contributed by atoms with Gasteiger partial charge in [-0.1, -0.05) is 37.3 Å². The second-order valence-electron chi connectivity index (χ2n) is 6.54. The summed E-state index contributed by atoms with van der Waals surface area (Å²) in [5.74, 6) is 0.475. The number of thiazole rings is 1. The van der Waals surface area contributed by atoms with Gasteiger partial charge in [0.15, 0.2) is 5.13 Å². The van der Waals surface area contributed by atoms with Crippen molar-refractivity contribution >= 4 is 40.6 Å². The van der Waals surface area contributed by atoms with E-state index in [0.29, 0.717) is 10.9 Å². The number of nitrogens with two attached hydrogens (primary N) is 1. The molecule has 0 saturated carbocycles. The van der Waals surface area contributed by atoms with Crippen LogP contribution in [0.4, 0.5) is 5.13 Å². The van der Waals surface area contributed by atoms with Gasteiger partial charge in [-0.25, -0.2) is 9.55 Å². The maximum atomic E-state index is 12.8. The Morgan fingerprint density at radius 1 is 1.32 bits per heavy atom. The van der Waals surface area contributed by atoms with E-state index in [0.717, 1.165) is 27.8 Å². The number of fused-ring (bicyclic) bond motifs is 3. The molecule has 0 atom stereocenters. The Bertz CT molecular complexity index is 865. The van der Waals surface area contributed by atoms with Crippen molar-refractivity contribution in [3.8, 4) is 5.75 Å². The zero-order chi connectivity index (χ0) is 18.2. The van der Waals surface area contributed by atoms with Crippen molar-refractivity contribution in [1.82, 2.24) is 4.98 Å². The standard InChI is InChI=1S/C17H23N2O4PS/c1-5-21-24(20,22-6-2)23-13-9-14-15(19-16(18)25-14)12-10-17(3,4)8-7-11(12)13/h7-9H,5-6,10H2,1-4H3,(H2,18,19). The molecule has 0 saturated heterocycles. The lowest BCUT2D eigenvalue weighted by atomic mass is 9.79. The molecular formula is C17H23N2O4PS. The Kier molecular flexibility index (Phi) is 4.95. The van der Waals surface area contributed by atoms with Crippen LogP contribution in [0.5, 0.6) is 5.75 Å². The highest BCUT2D eigenvalue weighted by molar-refractivity contribution is 7.48. The lowest BCUT2D eigenvalue weighted by Gasteiger charge is -2.28. The smallest absolute Gasteiger partial charge is 0.403 e. The molecular weight excluding hydrogens is 359 g/mol. The van der Waals surface area contributed by atoms with E-state index in [1.807, 2.05) is 12.1 Å². The summed E-state index contributed by atoms with van der Waals surface area (Å²) >= 11 is 1.38. The van der Waals surface area contributed by atoms with Crippen LogP contribution in [0.25, 0.3) is 16.3 Å². The van der Waals surface area contributed by atoms with Gasteiger partial charge < -0.3 is 10.3 Å². The van der Waals surface area contributed by atoms with E-state index in [4.69, 9.17) is 19.3 Å². The summed E-state index contributed by atoms with van der Waals surface area (Å²) in [6.07, 6.45) is 4.91. The van der Waals surface area contributed by atoms with Gasteiger partial charge in [0, 0.05) is 11.6 Å². The summed E-state index contributed by atoms with van der Waals surface area (Å²) in [6.45, 7) is 8.29. The maximum absolute atomic E-state index is 12.8. The van der Waals surface area contributed by atoms with Crippen molar-refractivity contribution < 1.29 is 18.1 Å². The number of hydrogen-bond acceptors (Lipinski definition) is 7. The predicted octanol–water partition coefficient (Wildman–Crippen LogP) is 5.03. The summed E-state index contributed by atoms with van der Waals surface area (Å²) in [5, 5.41) is 0.500. The number of aromatic nitrogens is 1. The number of anilines is 1. The number of allylic oxidation sites excluding steroid dienone is 1. The molecule has 0 spiro atoms. The van der Waals surface area contributed by atoms with E-state index in [2.05, 4.69) is 24.9 Å². The fourth-order valence-electron chi connectivity index (χ4n) is 2.92. The molecule has 6 nitrogen and oxygen atoms in total. The number of hydrogen-bond donors (Lipinski definition) is 1. The van der Waals surface area contributed by atoms with Crippen molar-refractivity contribution in [1.29, 1.82) is 0 Å². The van der Waals surface area contributed by atoms with Crippen molar-refractivity contribution in [2.45, 2.75) is 34.1 Å². The number of phosphoric acid groups is 1. The van der Waals surface area contributed by atoms with Crippen LogP contribution in [0.1, 0.15) is 38.8 Å². The lowest BCUT2D eigenvalue weighted by molar-refractivity contribution is 0.167. The molecule has 0 bridgehead atoms. The number of phosphoric ester groups is 1. The van der Waals surface area contributed by atoms with Gasteiger partial charge in [-0.3, -0.25) is 9.05 Å². The van der Waals surface area contributed by atoms with Crippen LogP contribution in [0.2, 0.25) is 0 Å². The van der Waals surface area contributed by atoms with Crippen LogP contribution < -0.4 is 10.3 Å². The predicted molar refractivity (Wildman–Crippen MR) is 102 cm³/mol. The van der Waals surface area contributed by atoms with Crippen molar-refractivity contribution in [3.05, 3.63) is 23.3 Å². The number of nitrogen functional groups attached to an aromatic ring is 1. The first-order chi connectivity index (χ1) is 11.8. The molecule has 1 aromatic carbocycles. The second-order valence-corrected chi connectivity index (χ2v) is 9.19. The van der Waals surface area contributed by atoms with Crippen molar-refractivity contribution in [2.75, 3.05) is 18.9 Å². The van der Waals surface area contributed by atoms with E-state index >= 15 is 0 Å². The fourth-order valence-corrected chi connectivity index (χ4v) is 4.92. The van der Waals surface area contributed by atoms with Crippen LogP contribution in [0.15, 0.2) is 12.1 Å². The van der Waals surface area contributed by atoms with Gasteiger partial charge in [0.25, 0.3) is 0 Å². The Balaban J connectivity index is 2.14. The van der Waals surface area contributed by atoms with Gasteiger partial charge in [0.2, 0.25) is 0 Å². The quantitative estimate of drug-likeness (QED) is 0.705. The molecule has 8 heteroatoms. The third-order valence-electron chi connectivity index (χ3n) is 3.93. The summed E-state index contributed by atoms with van der Waals surface area (Å²) in [4.78, 5) is 4.48. The van der Waals surface area contributed by atoms with Gasteiger partial charge in [-0.15, -0.1) is 0 Å². The van der Waals surface area contributed by atoms with Crippen LogP contribution >= 0.6 is 19.2 Å². The van der Waals surface area contributed by atoms with E-state index < -0.39 is 7.82 Å². The number of benzene rings is 1. The SMILES string of the molecule is CCOP(=O)(OCC)Oc1cc2sc(N)nc2c2c1C=CC(C)(C)C2. The minimum absolute atomic E-state index is 0.000461. The molecule has 25 heavy (non-hydrogen) atoms. The molecule has 1 heterocycles. The first-order valence-corrected chi connectivity index (χ1v) is 10.5. The zero-order valence-electron chi connectivity index (χ0n) is 14.9. The molecule has 0 unspecified atom stereocenters. The molecule has 2 N–H and O–H groups in total. The molecule has 1 aromatic heterocycles. The highest BCUT2D eigenvalue weighted by Gasteiger charge is 2.32. The Morgan fingerprint density at radius 3 is 2.64 bits per heavy atom. The van der Waals surface area contributed by atoms with Crippen molar-refractivity contribution in [2.24, 2.45) is 5.41 Å². The minimum Gasteiger partial charge on any atom is -0.403 e. The average molecular weight is 382 g/mol. The first-order valence-electron chi connectivity index (χ1n) is 8.27. The Morgan fingerprint density at radius 2 is 2.00 bits per heavy atom. The van der Waals surface area contributed by atoms with E-state index in [1.54, 1.807) is 13.8 Å². The molecule has 0 radical (unpaired) electrons. The zero-order valence-corrected chi connectivity index (χ0v) is 16.6. The monoisotopic (exact) mass is 382 g/mol. The second kappa shape index (κ2) is 6.72. The highest BCUT2D eigenvalue weighted by atomic mass is 32.1. The van der Waals surface area contributed by atoms with E-state index in [-0.39, 0.29) is 18.6 Å². The average Bonchev–Trinajstić information content (AvgIpc) is 2.87. The molecule has 3 rings (SSSR count). The van der Waals surface area contributed by atoms with Gasteiger partial charge in [-0.2, -0.15) is 0 Å². The largest absolute Gasteiger partial charge is 0.530 e. The van der Waals surface area contributed by atoms with Crippen molar-refractivity contribution in [3.63, 3.8) is 0 Å².